The van der Waals surface area contributed by atoms with E-state index in [1.807, 2.05) is 13.8 Å². The van der Waals surface area contributed by atoms with Gasteiger partial charge in [-0.15, -0.1) is 0 Å². The summed E-state index contributed by atoms with van der Waals surface area (Å²) in [6, 6.07) is 0.570. The first-order chi connectivity index (χ1) is 7.43. The lowest BCUT2D eigenvalue weighted by Crippen LogP contribution is -2.33. The zero-order chi connectivity index (χ0) is 12.6. The van der Waals surface area contributed by atoms with Crippen molar-refractivity contribution >= 4 is 5.91 Å². The molecule has 0 spiro atoms. The van der Waals surface area contributed by atoms with Gasteiger partial charge in [-0.3, -0.25) is 4.79 Å². The largest absolute Gasteiger partial charge is 0.356 e. The van der Waals surface area contributed by atoms with Gasteiger partial charge in [0.15, 0.2) is 0 Å². The normalized spacial score (nSPS) is 13.2. The number of carbonyl (C=O) groups excluding carboxylic acids is 1. The van der Waals surface area contributed by atoms with Crippen molar-refractivity contribution in [3.8, 4) is 0 Å². The lowest BCUT2D eigenvalue weighted by molar-refractivity contribution is -0.123. The van der Waals surface area contributed by atoms with Gasteiger partial charge < -0.3 is 10.6 Å². The Hall–Kier alpha value is -0.570. The molecule has 0 saturated carbocycles. The fourth-order valence-electron chi connectivity index (χ4n) is 1.64. The molecule has 3 heteroatoms. The van der Waals surface area contributed by atoms with Crippen LogP contribution in [0.3, 0.4) is 0 Å². The summed E-state index contributed by atoms with van der Waals surface area (Å²) < 4.78 is 0. The summed E-state index contributed by atoms with van der Waals surface area (Å²) in [6.45, 7) is 12.3. The van der Waals surface area contributed by atoms with Gasteiger partial charge in [-0.05, 0) is 32.2 Å². The standard InChI is InChI=1S/C13H28N2O/c1-10(2)9-12(5)14-7-6-8-15-13(16)11(3)4/h10-12,14H,6-9H2,1-5H3,(H,15,16). The summed E-state index contributed by atoms with van der Waals surface area (Å²) in [4.78, 5) is 11.3. The minimum Gasteiger partial charge on any atom is -0.356 e. The van der Waals surface area contributed by atoms with Crippen LogP contribution in [0.5, 0.6) is 0 Å². The molecule has 0 aliphatic rings. The molecule has 1 atom stereocenters. The maximum Gasteiger partial charge on any atom is 0.222 e. The minimum absolute atomic E-state index is 0.0906. The molecular weight excluding hydrogens is 200 g/mol. The van der Waals surface area contributed by atoms with Crippen LogP contribution in [-0.4, -0.2) is 25.0 Å². The van der Waals surface area contributed by atoms with Crippen LogP contribution in [0.1, 0.15) is 47.5 Å². The fourth-order valence-corrected chi connectivity index (χ4v) is 1.64. The number of hydrogen-bond donors (Lipinski definition) is 2. The Labute approximate surface area is 100 Å². The van der Waals surface area contributed by atoms with Crippen molar-refractivity contribution in [2.75, 3.05) is 13.1 Å². The van der Waals surface area contributed by atoms with Crippen LogP contribution in [0.15, 0.2) is 0 Å². The number of carbonyl (C=O) groups is 1. The highest BCUT2D eigenvalue weighted by Crippen LogP contribution is 2.03. The van der Waals surface area contributed by atoms with Crippen LogP contribution in [-0.2, 0) is 4.79 Å². The quantitative estimate of drug-likeness (QED) is 0.625. The molecule has 0 fully saturated rings. The highest BCUT2D eigenvalue weighted by atomic mass is 16.1. The summed E-state index contributed by atoms with van der Waals surface area (Å²) >= 11 is 0. The van der Waals surface area contributed by atoms with Crippen LogP contribution in [0.2, 0.25) is 0 Å². The summed E-state index contributed by atoms with van der Waals surface area (Å²) in [7, 11) is 0. The molecule has 1 amide bonds. The Kier molecular flexibility index (Phi) is 8.26. The van der Waals surface area contributed by atoms with Crippen LogP contribution < -0.4 is 10.6 Å². The SMILES string of the molecule is CC(C)CC(C)NCCCNC(=O)C(C)C. The number of rotatable bonds is 8. The Bertz CT molecular complexity index is 190. The zero-order valence-corrected chi connectivity index (χ0v) is 11.5. The van der Waals surface area contributed by atoms with Crippen molar-refractivity contribution in [3.05, 3.63) is 0 Å². The molecular formula is C13H28N2O. The second-order valence-corrected chi connectivity index (χ2v) is 5.28. The van der Waals surface area contributed by atoms with E-state index in [0.717, 1.165) is 25.4 Å². The van der Waals surface area contributed by atoms with Gasteiger partial charge in [0.05, 0.1) is 0 Å². The minimum atomic E-state index is 0.0906. The molecule has 0 bridgehead atoms. The van der Waals surface area contributed by atoms with Crippen LogP contribution in [0.4, 0.5) is 0 Å². The average molecular weight is 228 g/mol. The number of amides is 1. The third-order valence-corrected chi connectivity index (χ3v) is 2.49. The van der Waals surface area contributed by atoms with E-state index in [-0.39, 0.29) is 11.8 Å². The predicted molar refractivity (Wildman–Crippen MR) is 69.4 cm³/mol. The van der Waals surface area contributed by atoms with Gasteiger partial charge in [0, 0.05) is 18.5 Å². The van der Waals surface area contributed by atoms with E-state index < -0.39 is 0 Å². The Morgan fingerprint density at radius 1 is 1.06 bits per heavy atom. The molecule has 0 heterocycles. The fraction of sp³-hybridized carbons (Fsp3) is 0.923. The van der Waals surface area contributed by atoms with Gasteiger partial charge in [-0.25, -0.2) is 0 Å². The molecule has 0 aliphatic carbocycles. The zero-order valence-electron chi connectivity index (χ0n) is 11.5. The van der Waals surface area contributed by atoms with E-state index in [0.29, 0.717) is 6.04 Å². The maximum absolute atomic E-state index is 11.3. The third kappa shape index (κ3) is 8.72. The van der Waals surface area contributed by atoms with E-state index in [2.05, 4.69) is 31.4 Å². The van der Waals surface area contributed by atoms with Crippen LogP contribution >= 0.6 is 0 Å². The van der Waals surface area contributed by atoms with Crippen molar-refractivity contribution < 1.29 is 4.79 Å². The average Bonchev–Trinajstić information content (AvgIpc) is 2.15. The molecule has 2 N–H and O–H groups in total. The molecule has 96 valence electrons. The first kappa shape index (κ1) is 15.4. The van der Waals surface area contributed by atoms with E-state index in [1.54, 1.807) is 0 Å². The maximum atomic E-state index is 11.3. The molecule has 0 saturated heterocycles. The summed E-state index contributed by atoms with van der Waals surface area (Å²) in [5, 5.41) is 6.38. The molecule has 0 aliphatic heterocycles. The smallest absolute Gasteiger partial charge is 0.222 e. The third-order valence-electron chi connectivity index (χ3n) is 2.49. The molecule has 3 nitrogen and oxygen atoms in total. The molecule has 0 aromatic carbocycles. The molecule has 1 unspecified atom stereocenters. The van der Waals surface area contributed by atoms with Crippen molar-refractivity contribution in [2.45, 2.75) is 53.5 Å². The van der Waals surface area contributed by atoms with Crippen LogP contribution in [0.25, 0.3) is 0 Å². The number of hydrogen-bond acceptors (Lipinski definition) is 2. The monoisotopic (exact) mass is 228 g/mol. The van der Waals surface area contributed by atoms with Crippen LogP contribution in [0, 0.1) is 11.8 Å². The van der Waals surface area contributed by atoms with Gasteiger partial charge >= 0.3 is 0 Å². The van der Waals surface area contributed by atoms with Gasteiger partial charge in [0.25, 0.3) is 0 Å². The molecule has 16 heavy (non-hydrogen) atoms. The van der Waals surface area contributed by atoms with E-state index in [4.69, 9.17) is 0 Å². The molecule has 0 radical (unpaired) electrons. The Balaban J connectivity index is 3.36. The highest BCUT2D eigenvalue weighted by molar-refractivity contribution is 5.77. The van der Waals surface area contributed by atoms with Crippen molar-refractivity contribution in [1.82, 2.24) is 10.6 Å². The summed E-state index contributed by atoms with van der Waals surface area (Å²) in [6.07, 6.45) is 2.21. The first-order valence-corrected chi connectivity index (χ1v) is 6.44. The molecule has 0 aromatic rings. The lowest BCUT2D eigenvalue weighted by atomic mass is 10.1. The highest BCUT2D eigenvalue weighted by Gasteiger charge is 2.06. The van der Waals surface area contributed by atoms with Gasteiger partial charge in [0.2, 0.25) is 5.91 Å². The van der Waals surface area contributed by atoms with E-state index in [9.17, 15) is 4.79 Å². The Morgan fingerprint density at radius 3 is 2.19 bits per heavy atom. The van der Waals surface area contributed by atoms with Gasteiger partial charge in [-0.2, -0.15) is 0 Å². The first-order valence-electron chi connectivity index (χ1n) is 6.44. The number of nitrogens with one attached hydrogen (secondary N) is 2. The topological polar surface area (TPSA) is 41.1 Å². The second kappa shape index (κ2) is 8.57. The van der Waals surface area contributed by atoms with Gasteiger partial charge in [0.1, 0.15) is 0 Å². The summed E-state index contributed by atoms with van der Waals surface area (Å²) in [5.74, 6) is 0.978. The Morgan fingerprint density at radius 2 is 1.69 bits per heavy atom. The molecule has 0 aromatic heterocycles. The predicted octanol–water partition coefficient (Wildman–Crippen LogP) is 2.17. The van der Waals surface area contributed by atoms with E-state index >= 15 is 0 Å². The summed E-state index contributed by atoms with van der Waals surface area (Å²) in [5.41, 5.74) is 0. The van der Waals surface area contributed by atoms with Crippen molar-refractivity contribution in [2.24, 2.45) is 11.8 Å². The van der Waals surface area contributed by atoms with E-state index in [1.165, 1.54) is 6.42 Å². The van der Waals surface area contributed by atoms with Crippen molar-refractivity contribution in [3.63, 3.8) is 0 Å². The lowest BCUT2D eigenvalue weighted by Gasteiger charge is -2.16. The van der Waals surface area contributed by atoms with Gasteiger partial charge in [-0.1, -0.05) is 27.7 Å². The second-order valence-electron chi connectivity index (χ2n) is 5.28. The molecule has 0 rings (SSSR count). The van der Waals surface area contributed by atoms with Crippen molar-refractivity contribution in [1.29, 1.82) is 0 Å².